The number of carboxylic acid groups (broad SMARTS) is 1. The Balaban J connectivity index is 2.09. The van der Waals surface area contributed by atoms with E-state index in [1.165, 1.54) is 31.2 Å². The lowest BCUT2D eigenvalue weighted by atomic mass is 10.1. The van der Waals surface area contributed by atoms with Crippen molar-refractivity contribution >= 4 is 40.8 Å². The third kappa shape index (κ3) is 4.31. The van der Waals surface area contributed by atoms with Crippen LogP contribution in [0.15, 0.2) is 36.4 Å². The number of aromatic carboxylic acids is 1. The summed E-state index contributed by atoms with van der Waals surface area (Å²) >= 11 is 11.8. The molecular formula is C16H13Cl2NO5. The number of ether oxygens (including phenoxy) is 1. The van der Waals surface area contributed by atoms with Gasteiger partial charge < -0.3 is 20.3 Å². The number of hydrogen-bond donors (Lipinski definition) is 3. The molecule has 0 saturated carbocycles. The minimum atomic E-state index is -1.30. The Bertz CT molecular complexity index is 794. The number of aromatic hydroxyl groups is 1. The molecule has 0 aromatic heterocycles. The Morgan fingerprint density at radius 1 is 1.17 bits per heavy atom. The first-order valence-corrected chi connectivity index (χ1v) is 7.52. The standard InChI is InChI=1S/C16H13Cl2NO5/c1-8(24-14-5-2-9(17)6-12(14)18)15(21)19-10-3-4-13(20)11(7-10)16(22)23/h2-8,20H,1H3,(H,19,21)(H,22,23)/t8-/m1/s1. The van der Waals surface area contributed by atoms with Crippen LogP contribution >= 0.6 is 23.2 Å². The van der Waals surface area contributed by atoms with Crippen molar-refractivity contribution in [3.8, 4) is 11.5 Å². The van der Waals surface area contributed by atoms with Crippen LogP contribution in [0.1, 0.15) is 17.3 Å². The minimum absolute atomic E-state index is 0.216. The molecule has 0 aliphatic carbocycles. The summed E-state index contributed by atoms with van der Waals surface area (Å²) in [4.78, 5) is 23.1. The number of benzene rings is 2. The lowest BCUT2D eigenvalue weighted by molar-refractivity contribution is -0.122. The molecule has 6 nitrogen and oxygen atoms in total. The molecule has 3 N–H and O–H groups in total. The second-order valence-electron chi connectivity index (χ2n) is 4.86. The van der Waals surface area contributed by atoms with Crippen molar-refractivity contribution in [1.82, 2.24) is 0 Å². The van der Waals surface area contributed by atoms with Gasteiger partial charge in [-0.05, 0) is 43.3 Å². The first kappa shape index (κ1) is 17.9. The zero-order valence-corrected chi connectivity index (χ0v) is 13.9. The SMILES string of the molecule is C[C@@H](Oc1ccc(Cl)cc1Cl)C(=O)Nc1ccc(O)c(C(=O)O)c1. The molecule has 0 bridgehead atoms. The summed E-state index contributed by atoms with van der Waals surface area (Å²) in [5.74, 6) is -1.91. The summed E-state index contributed by atoms with van der Waals surface area (Å²) in [5, 5.41) is 21.6. The average Bonchev–Trinajstić information content (AvgIpc) is 2.51. The number of amides is 1. The molecule has 0 fully saturated rings. The van der Waals surface area contributed by atoms with Crippen LogP contribution in [-0.4, -0.2) is 28.2 Å². The summed E-state index contributed by atoms with van der Waals surface area (Å²) in [7, 11) is 0. The van der Waals surface area contributed by atoms with Gasteiger partial charge in [-0.1, -0.05) is 23.2 Å². The van der Waals surface area contributed by atoms with Crippen LogP contribution in [-0.2, 0) is 4.79 Å². The fraction of sp³-hybridized carbons (Fsp3) is 0.125. The fourth-order valence-corrected chi connectivity index (χ4v) is 2.30. The molecule has 0 spiro atoms. The molecule has 2 rings (SSSR count). The van der Waals surface area contributed by atoms with E-state index in [-0.39, 0.29) is 16.3 Å². The predicted octanol–water partition coefficient (Wildman–Crippen LogP) is 3.80. The second kappa shape index (κ2) is 7.42. The van der Waals surface area contributed by atoms with Gasteiger partial charge in [0.25, 0.3) is 5.91 Å². The molecule has 24 heavy (non-hydrogen) atoms. The van der Waals surface area contributed by atoms with Crippen LogP contribution in [0.4, 0.5) is 5.69 Å². The maximum Gasteiger partial charge on any atom is 0.339 e. The summed E-state index contributed by atoms with van der Waals surface area (Å²) in [6.45, 7) is 1.51. The number of carboxylic acids is 1. The molecule has 126 valence electrons. The zero-order valence-electron chi connectivity index (χ0n) is 12.4. The molecule has 8 heteroatoms. The van der Waals surface area contributed by atoms with E-state index in [2.05, 4.69) is 5.32 Å². The zero-order chi connectivity index (χ0) is 17.9. The minimum Gasteiger partial charge on any atom is -0.507 e. The van der Waals surface area contributed by atoms with E-state index < -0.39 is 23.7 Å². The highest BCUT2D eigenvalue weighted by Crippen LogP contribution is 2.28. The molecule has 0 aliphatic rings. The molecular weight excluding hydrogens is 357 g/mol. The first-order chi connectivity index (χ1) is 11.3. The van der Waals surface area contributed by atoms with Crippen molar-refractivity contribution in [2.24, 2.45) is 0 Å². The van der Waals surface area contributed by atoms with Gasteiger partial charge in [0, 0.05) is 10.7 Å². The highest BCUT2D eigenvalue weighted by atomic mass is 35.5. The predicted molar refractivity (Wildman–Crippen MR) is 90.2 cm³/mol. The number of anilines is 1. The molecule has 0 saturated heterocycles. The molecule has 0 radical (unpaired) electrons. The Morgan fingerprint density at radius 2 is 1.88 bits per heavy atom. The van der Waals surface area contributed by atoms with E-state index in [4.69, 9.17) is 33.0 Å². The Morgan fingerprint density at radius 3 is 2.50 bits per heavy atom. The van der Waals surface area contributed by atoms with Crippen LogP contribution in [0, 0.1) is 0 Å². The van der Waals surface area contributed by atoms with Gasteiger partial charge in [0.15, 0.2) is 6.10 Å². The highest BCUT2D eigenvalue weighted by molar-refractivity contribution is 6.35. The Labute approximate surface area is 147 Å². The highest BCUT2D eigenvalue weighted by Gasteiger charge is 2.18. The van der Waals surface area contributed by atoms with E-state index in [0.717, 1.165) is 6.07 Å². The van der Waals surface area contributed by atoms with Crippen molar-refractivity contribution in [2.45, 2.75) is 13.0 Å². The smallest absolute Gasteiger partial charge is 0.339 e. The van der Waals surface area contributed by atoms with Crippen LogP contribution < -0.4 is 10.1 Å². The maximum atomic E-state index is 12.1. The van der Waals surface area contributed by atoms with E-state index in [9.17, 15) is 14.7 Å². The Kier molecular flexibility index (Phi) is 5.54. The summed E-state index contributed by atoms with van der Waals surface area (Å²) in [5.41, 5.74) is -0.102. The third-order valence-electron chi connectivity index (χ3n) is 3.06. The van der Waals surface area contributed by atoms with Crippen LogP contribution in [0.5, 0.6) is 11.5 Å². The summed E-state index contributed by atoms with van der Waals surface area (Å²) < 4.78 is 5.47. The van der Waals surface area contributed by atoms with E-state index in [1.807, 2.05) is 0 Å². The van der Waals surface area contributed by atoms with Crippen molar-refractivity contribution in [3.05, 3.63) is 52.0 Å². The lowest BCUT2D eigenvalue weighted by Gasteiger charge is -2.16. The van der Waals surface area contributed by atoms with Gasteiger partial charge in [-0.3, -0.25) is 4.79 Å². The first-order valence-electron chi connectivity index (χ1n) is 6.77. The van der Waals surface area contributed by atoms with Gasteiger partial charge in [0.1, 0.15) is 17.1 Å². The monoisotopic (exact) mass is 369 g/mol. The molecule has 1 amide bonds. The maximum absolute atomic E-state index is 12.1. The fourth-order valence-electron chi connectivity index (χ4n) is 1.84. The number of halogens is 2. The number of hydrogen-bond acceptors (Lipinski definition) is 4. The average molecular weight is 370 g/mol. The van der Waals surface area contributed by atoms with Gasteiger partial charge in [0.2, 0.25) is 0 Å². The van der Waals surface area contributed by atoms with Crippen molar-refractivity contribution < 1.29 is 24.5 Å². The second-order valence-corrected chi connectivity index (χ2v) is 5.70. The molecule has 1 atom stereocenters. The van der Waals surface area contributed by atoms with Gasteiger partial charge in [0.05, 0.1) is 5.02 Å². The molecule has 2 aromatic carbocycles. The molecule has 0 aliphatic heterocycles. The summed E-state index contributed by atoms with van der Waals surface area (Å²) in [6.07, 6.45) is -0.897. The van der Waals surface area contributed by atoms with Crippen molar-refractivity contribution in [2.75, 3.05) is 5.32 Å². The lowest BCUT2D eigenvalue weighted by Crippen LogP contribution is -2.30. The van der Waals surface area contributed by atoms with E-state index in [0.29, 0.717) is 10.8 Å². The van der Waals surface area contributed by atoms with Gasteiger partial charge in [-0.15, -0.1) is 0 Å². The van der Waals surface area contributed by atoms with Crippen molar-refractivity contribution in [1.29, 1.82) is 0 Å². The van der Waals surface area contributed by atoms with E-state index in [1.54, 1.807) is 6.07 Å². The topological polar surface area (TPSA) is 95.9 Å². The number of rotatable bonds is 5. The molecule has 0 heterocycles. The molecule has 0 unspecified atom stereocenters. The van der Waals surface area contributed by atoms with Gasteiger partial charge in [-0.2, -0.15) is 0 Å². The summed E-state index contributed by atoms with van der Waals surface area (Å²) in [6, 6.07) is 8.31. The number of phenols is 1. The number of nitrogens with one attached hydrogen (secondary N) is 1. The quantitative estimate of drug-likeness (QED) is 0.696. The normalized spacial score (nSPS) is 11.6. The van der Waals surface area contributed by atoms with Crippen LogP contribution in [0.2, 0.25) is 10.0 Å². The number of carbonyl (C=O) groups is 2. The largest absolute Gasteiger partial charge is 0.507 e. The van der Waals surface area contributed by atoms with Gasteiger partial charge >= 0.3 is 5.97 Å². The third-order valence-corrected chi connectivity index (χ3v) is 3.59. The van der Waals surface area contributed by atoms with Crippen LogP contribution in [0.25, 0.3) is 0 Å². The van der Waals surface area contributed by atoms with Gasteiger partial charge in [-0.25, -0.2) is 4.79 Å². The molecule has 2 aromatic rings. The van der Waals surface area contributed by atoms with Crippen molar-refractivity contribution in [3.63, 3.8) is 0 Å². The van der Waals surface area contributed by atoms with Crippen LogP contribution in [0.3, 0.4) is 0 Å². The Hall–Kier alpha value is -2.44. The number of carbonyl (C=O) groups excluding carboxylic acids is 1. The van der Waals surface area contributed by atoms with E-state index >= 15 is 0 Å².